The number of likely N-dealkylation sites (tertiary alicyclic amines) is 1. The highest BCUT2D eigenvalue weighted by Crippen LogP contribution is 2.48. The van der Waals surface area contributed by atoms with Crippen molar-refractivity contribution in [2.45, 2.75) is 55.8 Å². The lowest BCUT2D eigenvalue weighted by Gasteiger charge is -2.44. The van der Waals surface area contributed by atoms with E-state index in [4.69, 9.17) is 0 Å². The third kappa shape index (κ3) is 2.90. The summed E-state index contributed by atoms with van der Waals surface area (Å²) >= 11 is 4.39. The van der Waals surface area contributed by atoms with Gasteiger partial charge in [-0.1, -0.05) is 30.3 Å². The summed E-state index contributed by atoms with van der Waals surface area (Å²) in [4.78, 5) is 2.78. The van der Waals surface area contributed by atoms with Crippen molar-refractivity contribution in [3.8, 4) is 0 Å². The quantitative estimate of drug-likeness (QED) is 0.802. The molecule has 0 aromatic heterocycles. The van der Waals surface area contributed by atoms with Crippen LogP contribution >= 0.6 is 23.5 Å². The Morgan fingerprint density at radius 1 is 1.20 bits per heavy atom. The fourth-order valence-corrected chi connectivity index (χ4v) is 6.94. The van der Waals surface area contributed by atoms with Crippen LogP contribution in [0.5, 0.6) is 0 Å². The molecule has 110 valence electrons. The zero-order valence-corrected chi connectivity index (χ0v) is 14.2. The summed E-state index contributed by atoms with van der Waals surface area (Å²) in [7, 11) is 0. The molecule has 0 N–H and O–H groups in total. The van der Waals surface area contributed by atoms with E-state index in [1.54, 1.807) is 0 Å². The maximum Gasteiger partial charge on any atom is 0.0683 e. The van der Waals surface area contributed by atoms with Crippen molar-refractivity contribution in [3.63, 3.8) is 0 Å². The molecule has 3 rings (SSSR count). The first-order chi connectivity index (χ1) is 9.70. The second-order valence-corrected chi connectivity index (χ2v) is 9.01. The Morgan fingerprint density at radius 2 is 1.90 bits per heavy atom. The second kappa shape index (κ2) is 6.33. The monoisotopic (exact) mass is 307 g/mol. The summed E-state index contributed by atoms with van der Waals surface area (Å²) in [5.74, 6) is 2.70. The predicted octanol–water partition coefficient (Wildman–Crippen LogP) is 4.63. The van der Waals surface area contributed by atoms with Gasteiger partial charge in [-0.05, 0) is 50.2 Å². The van der Waals surface area contributed by atoms with Crippen molar-refractivity contribution in [1.82, 2.24) is 4.90 Å². The van der Waals surface area contributed by atoms with Crippen molar-refractivity contribution in [1.29, 1.82) is 0 Å². The van der Waals surface area contributed by atoms with Crippen molar-refractivity contribution < 1.29 is 0 Å². The molecular formula is C17H25NS2. The summed E-state index contributed by atoms with van der Waals surface area (Å²) in [6.45, 7) is 6.03. The summed E-state index contributed by atoms with van der Waals surface area (Å²) in [6.07, 6.45) is 4.09. The SMILES string of the molecule is C[C@H]1CC[C@@](C)(C2SCCCS2)N1Cc1ccccc1. The first-order valence-corrected chi connectivity index (χ1v) is 9.84. The zero-order valence-electron chi connectivity index (χ0n) is 12.5. The Hall–Kier alpha value is -0.120. The van der Waals surface area contributed by atoms with Gasteiger partial charge in [0.2, 0.25) is 0 Å². The van der Waals surface area contributed by atoms with Crippen LogP contribution in [0.15, 0.2) is 30.3 Å². The molecular weight excluding hydrogens is 282 g/mol. The average molecular weight is 308 g/mol. The van der Waals surface area contributed by atoms with E-state index in [-0.39, 0.29) is 0 Å². The van der Waals surface area contributed by atoms with Gasteiger partial charge in [0, 0.05) is 18.1 Å². The van der Waals surface area contributed by atoms with Crippen molar-refractivity contribution >= 4 is 23.5 Å². The number of hydrogen-bond donors (Lipinski definition) is 0. The van der Waals surface area contributed by atoms with Gasteiger partial charge in [-0.2, -0.15) is 0 Å². The van der Waals surface area contributed by atoms with E-state index in [0.29, 0.717) is 11.6 Å². The number of rotatable bonds is 3. The second-order valence-electron chi connectivity index (χ2n) is 6.29. The van der Waals surface area contributed by atoms with Gasteiger partial charge >= 0.3 is 0 Å². The van der Waals surface area contributed by atoms with Crippen LogP contribution in [0.2, 0.25) is 0 Å². The molecule has 0 unspecified atom stereocenters. The van der Waals surface area contributed by atoms with Gasteiger partial charge < -0.3 is 0 Å². The molecule has 1 aromatic rings. The maximum atomic E-state index is 2.78. The van der Waals surface area contributed by atoms with Gasteiger partial charge in [0.05, 0.1) is 4.58 Å². The molecule has 2 aliphatic heterocycles. The molecule has 1 aromatic carbocycles. The van der Waals surface area contributed by atoms with E-state index in [0.717, 1.165) is 11.1 Å². The van der Waals surface area contributed by atoms with Crippen LogP contribution in [0.4, 0.5) is 0 Å². The molecule has 2 fully saturated rings. The van der Waals surface area contributed by atoms with Crippen LogP contribution in [-0.4, -0.2) is 32.6 Å². The molecule has 20 heavy (non-hydrogen) atoms. The Labute approximate surface area is 131 Å². The molecule has 2 saturated heterocycles. The van der Waals surface area contributed by atoms with Gasteiger partial charge in [0.15, 0.2) is 0 Å². The molecule has 3 heteroatoms. The van der Waals surface area contributed by atoms with Crippen molar-refractivity contribution in [2.24, 2.45) is 0 Å². The standard InChI is InChI=1S/C17H25NS2/c1-14-9-10-17(2,16-19-11-6-12-20-16)18(14)13-15-7-4-3-5-8-15/h3-5,7-8,14,16H,6,9-13H2,1-2H3/t14-,17-/m0/s1. The Balaban J connectivity index is 1.78. The van der Waals surface area contributed by atoms with E-state index >= 15 is 0 Å². The zero-order chi connectivity index (χ0) is 14.0. The van der Waals surface area contributed by atoms with Crippen LogP contribution < -0.4 is 0 Å². The molecule has 1 nitrogen and oxygen atoms in total. The molecule has 0 saturated carbocycles. The first-order valence-electron chi connectivity index (χ1n) is 7.74. The van der Waals surface area contributed by atoms with E-state index in [1.807, 2.05) is 0 Å². The van der Waals surface area contributed by atoms with Crippen molar-refractivity contribution in [3.05, 3.63) is 35.9 Å². The molecule has 0 radical (unpaired) electrons. The molecule has 0 spiro atoms. The molecule has 0 amide bonds. The minimum atomic E-state index is 0.366. The van der Waals surface area contributed by atoms with Gasteiger partial charge in [-0.3, -0.25) is 4.90 Å². The van der Waals surface area contributed by atoms with E-state index in [2.05, 4.69) is 72.6 Å². The van der Waals surface area contributed by atoms with Gasteiger partial charge in [-0.25, -0.2) is 0 Å². The molecule has 2 heterocycles. The lowest BCUT2D eigenvalue weighted by Crippen LogP contribution is -2.50. The minimum absolute atomic E-state index is 0.366. The van der Waals surface area contributed by atoms with Crippen LogP contribution in [0.3, 0.4) is 0 Å². The summed E-state index contributed by atoms with van der Waals surface area (Å²) in [6, 6.07) is 11.7. The lowest BCUT2D eigenvalue weighted by atomic mass is 10.0. The van der Waals surface area contributed by atoms with E-state index in [1.165, 1.54) is 36.3 Å². The highest BCUT2D eigenvalue weighted by Gasteiger charge is 2.47. The number of benzene rings is 1. The summed E-state index contributed by atoms with van der Waals surface area (Å²) in [5, 5.41) is 0. The van der Waals surface area contributed by atoms with Gasteiger partial charge in [0.1, 0.15) is 0 Å². The lowest BCUT2D eigenvalue weighted by molar-refractivity contribution is 0.125. The number of hydrogen-bond acceptors (Lipinski definition) is 3. The molecule has 2 atom stereocenters. The Bertz CT molecular complexity index is 430. The summed E-state index contributed by atoms with van der Waals surface area (Å²) < 4.78 is 0.755. The molecule has 0 aliphatic carbocycles. The van der Waals surface area contributed by atoms with Gasteiger partial charge in [0.25, 0.3) is 0 Å². The number of nitrogens with zero attached hydrogens (tertiary/aromatic N) is 1. The predicted molar refractivity (Wildman–Crippen MR) is 92.4 cm³/mol. The summed E-state index contributed by atoms with van der Waals surface area (Å²) in [5.41, 5.74) is 1.82. The first kappa shape index (κ1) is 14.8. The molecule has 0 bridgehead atoms. The van der Waals surface area contributed by atoms with E-state index in [9.17, 15) is 0 Å². The van der Waals surface area contributed by atoms with Crippen molar-refractivity contribution in [2.75, 3.05) is 11.5 Å². The van der Waals surface area contributed by atoms with Crippen LogP contribution in [0.1, 0.15) is 38.7 Å². The van der Waals surface area contributed by atoms with E-state index < -0.39 is 0 Å². The topological polar surface area (TPSA) is 3.24 Å². The average Bonchev–Trinajstić information content (AvgIpc) is 2.79. The third-order valence-electron chi connectivity index (χ3n) is 4.79. The highest BCUT2D eigenvalue weighted by atomic mass is 32.2. The smallest absolute Gasteiger partial charge is 0.0683 e. The van der Waals surface area contributed by atoms with Gasteiger partial charge in [-0.15, -0.1) is 23.5 Å². The minimum Gasteiger partial charge on any atom is -0.289 e. The fraction of sp³-hybridized carbons (Fsp3) is 0.647. The highest BCUT2D eigenvalue weighted by molar-refractivity contribution is 8.17. The maximum absolute atomic E-state index is 2.78. The van der Waals surface area contributed by atoms with Crippen LogP contribution in [0.25, 0.3) is 0 Å². The van der Waals surface area contributed by atoms with Crippen LogP contribution in [-0.2, 0) is 6.54 Å². The largest absolute Gasteiger partial charge is 0.289 e. The third-order valence-corrected chi connectivity index (χ3v) is 8.27. The molecule has 2 aliphatic rings. The number of thioether (sulfide) groups is 2. The Morgan fingerprint density at radius 3 is 2.60 bits per heavy atom. The fourth-order valence-electron chi connectivity index (χ4n) is 3.52. The Kier molecular flexibility index (Phi) is 4.68. The normalized spacial score (nSPS) is 32.6. The van der Waals surface area contributed by atoms with Crippen LogP contribution in [0, 0.1) is 0 Å².